The second kappa shape index (κ2) is 5.70. The molecule has 2 amide bonds. The summed E-state index contributed by atoms with van der Waals surface area (Å²) in [5, 5.41) is 9.28. The van der Waals surface area contributed by atoms with E-state index in [-0.39, 0.29) is 12.0 Å². The Morgan fingerprint density at radius 1 is 1.25 bits per heavy atom. The molecule has 0 aromatic heterocycles. The quantitative estimate of drug-likeness (QED) is 0.762. The SMILES string of the molecule is CCOC(=O)N1CCN(C(=O)C2(C#N)CC(C)C2)CC1. The lowest BCUT2D eigenvalue weighted by atomic mass is 9.62. The first kappa shape index (κ1) is 14.6. The van der Waals surface area contributed by atoms with Gasteiger partial charge in [-0.2, -0.15) is 5.26 Å². The summed E-state index contributed by atoms with van der Waals surface area (Å²) in [6.07, 6.45) is 0.979. The van der Waals surface area contributed by atoms with Gasteiger partial charge in [0.05, 0.1) is 12.7 Å². The van der Waals surface area contributed by atoms with Crippen molar-refractivity contribution in [1.82, 2.24) is 9.80 Å². The molecule has 1 saturated carbocycles. The van der Waals surface area contributed by atoms with Crippen LogP contribution >= 0.6 is 0 Å². The molecule has 2 aliphatic rings. The fraction of sp³-hybridized carbons (Fsp3) is 0.786. The first-order valence-electron chi connectivity index (χ1n) is 7.14. The van der Waals surface area contributed by atoms with Crippen molar-refractivity contribution in [2.45, 2.75) is 26.7 Å². The van der Waals surface area contributed by atoms with Gasteiger partial charge in [-0.1, -0.05) is 6.92 Å². The Balaban J connectivity index is 1.89. The summed E-state index contributed by atoms with van der Waals surface area (Å²) in [5.74, 6) is 0.376. The molecule has 1 aliphatic heterocycles. The zero-order chi connectivity index (χ0) is 14.8. The number of hydrogen-bond donors (Lipinski definition) is 0. The highest BCUT2D eigenvalue weighted by molar-refractivity contribution is 5.86. The van der Waals surface area contributed by atoms with E-state index >= 15 is 0 Å². The van der Waals surface area contributed by atoms with Crippen molar-refractivity contribution >= 4 is 12.0 Å². The molecule has 0 aromatic rings. The largest absolute Gasteiger partial charge is 0.450 e. The summed E-state index contributed by atoms with van der Waals surface area (Å²) in [7, 11) is 0. The van der Waals surface area contributed by atoms with Gasteiger partial charge in [-0.3, -0.25) is 4.79 Å². The van der Waals surface area contributed by atoms with Crippen molar-refractivity contribution in [1.29, 1.82) is 5.26 Å². The number of rotatable bonds is 2. The van der Waals surface area contributed by atoms with Crippen LogP contribution in [-0.2, 0) is 9.53 Å². The van der Waals surface area contributed by atoms with E-state index in [0.717, 1.165) is 0 Å². The van der Waals surface area contributed by atoms with Crippen LogP contribution in [0.2, 0.25) is 0 Å². The number of amides is 2. The standard InChI is InChI=1S/C14H21N3O3/c1-3-20-13(19)17-6-4-16(5-7-17)12(18)14(10-15)8-11(2)9-14/h11H,3-9H2,1-2H3. The van der Waals surface area contributed by atoms with Gasteiger partial charge in [0.1, 0.15) is 5.41 Å². The number of ether oxygens (including phenoxy) is 1. The van der Waals surface area contributed by atoms with Crippen LogP contribution in [0.1, 0.15) is 26.7 Å². The normalized spacial score (nSPS) is 29.4. The molecule has 6 nitrogen and oxygen atoms in total. The second-order valence-electron chi connectivity index (χ2n) is 5.69. The van der Waals surface area contributed by atoms with E-state index in [1.54, 1.807) is 16.7 Å². The van der Waals surface area contributed by atoms with E-state index in [1.807, 2.05) is 0 Å². The summed E-state index contributed by atoms with van der Waals surface area (Å²) in [5.41, 5.74) is -0.814. The zero-order valence-electron chi connectivity index (χ0n) is 12.1. The summed E-state index contributed by atoms with van der Waals surface area (Å²) in [6, 6.07) is 2.20. The third-order valence-corrected chi connectivity index (χ3v) is 4.11. The van der Waals surface area contributed by atoms with Crippen molar-refractivity contribution in [2.24, 2.45) is 11.3 Å². The first-order chi connectivity index (χ1) is 9.52. The van der Waals surface area contributed by atoms with Gasteiger partial charge in [0.15, 0.2) is 0 Å². The van der Waals surface area contributed by atoms with Gasteiger partial charge in [-0.25, -0.2) is 4.79 Å². The molecule has 2 rings (SSSR count). The lowest BCUT2D eigenvalue weighted by molar-refractivity contribution is -0.146. The molecule has 0 bridgehead atoms. The van der Waals surface area contributed by atoms with Crippen LogP contribution in [0.3, 0.4) is 0 Å². The Bertz CT molecular complexity index is 429. The maximum absolute atomic E-state index is 12.4. The lowest BCUT2D eigenvalue weighted by Gasteiger charge is -2.44. The minimum Gasteiger partial charge on any atom is -0.450 e. The average molecular weight is 279 g/mol. The van der Waals surface area contributed by atoms with Gasteiger partial charge in [0.25, 0.3) is 0 Å². The number of nitriles is 1. The van der Waals surface area contributed by atoms with E-state index in [0.29, 0.717) is 51.5 Å². The smallest absolute Gasteiger partial charge is 0.409 e. The van der Waals surface area contributed by atoms with E-state index in [2.05, 4.69) is 13.0 Å². The molecule has 1 heterocycles. The molecular weight excluding hydrogens is 258 g/mol. The van der Waals surface area contributed by atoms with Crippen LogP contribution in [0, 0.1) is 22.7 Å². The minimum absolute atomic E-state index is 0.0680. The highest BCUT2D eigenvalue weighted by Gasteiger charge is 2.51. The van der Waals surface area contributed by atoms with Crippen molar-refractivity contribution in [3.05, 3.63) is 0 Å². The van der Waals surface area contributed by atoms with E-state index in [9.17, 15) is 14.9 Å². The van der Waals surface area contributed by atoms with Crippen molar-refractivity contribution in [2.75, 3.05) is 32.8 Å². The molecule has 0 spiro atoms. The van der Waals surface area contributed by atoms with Crippen LogP contribution in [0.5, 0.6) is 0 Å². The summed E-state index contributed by atoms with van der Waals surface area (Å²) in [6.45, 7) is 6.09. The maximum atomic E-state index is 12.4. The highest BCUT2D eigenvalue weighted by atomic mass is 16.6. The minimum atomic E-state index is -0.814. The van der Waals surface area contributed by atoms with E-state index < -0.39 is 5.41 Å². The Morgan fingerprint density at radius 3 is 2.25 bits per heavy atom. The fourth-order valence-electron chi connectivity index (χ4n) is 3.05. The molecule has 1 saturated heterocycles. The molecule has 0 radical (unpaired) electrons. The zero-order valence-corrected chi connectivity index (χ0v) is 12.1. The molecule has 0 unspecified atom stereocenters. The topological polar surface area (TPSA) is 73.6 Å². The lowest BCUT2D eigenvalue weighted by Crippen LogP contribution is -2.56. The van der Waals surface area contributed by atoms with E-state index in [1.165, 1.54) is 0 Å². The molecule has 0 atom stereocenters. The Morgan fingerprint density at radius 2 is 1.80 bits per heavy atom. The van der Waals surface area contributed by atoms with Crippen molar-refractivity contribution in [3.8, 4) is 6.07 Å². The van der Waals surface area contributed by atoms with Crippen LogP contribution in [0.15, 0.2) is 0 Å². The highest BCUT2D eigenvalue weighted by Crippen LogP contribution is 2.46. The Labute approximate surface area is 119 Å². The Kier molecular flexibility index (Phi) is 4.17. The van der Waals surface area contributed by atoms with Crippen LogP contribution < -0.4 is 0 Å². The molecule has 2 fully saturated rings. The van der Waals surface area contributed by atoms with Crippen molar-refractivity contribution < 1.29 is 14.3 Å². The third kappa shape index (κ3) is 2.58. The van der Waals surface area contributed by atoms with Gasteiger partial charge < -0.3 is 14.5 Å². The summed E-state index contributed by atoms with van der Waals surface area (Å²) in [4.78, 5) is 27.4. The van der Waals surface area contributed by atoms with Gasteiger partial charge in [-0.15, -0.1) is 0 Å². The third-order valence-electron chi connectivity index (χ3n) is 4.11. The van der Waals surface area contributed by atoms with Gasteiger partial charge in [0.2, 0.25) is 5.91 Å². The predicted octanol–water partition coefficient (Wildman–Crippen LogP) is 1.23. The van der Waals surface area contributed by atoms with Crippen LogP contribution in [-0.4, -0.2) is 54.6 Å². The average Bonchev–Trinajstić information content (AvgIpc) is 2.43. The molecule has 20 heavy (non-hydrogen) atoms. The number of carbonyl (C=O) groups excluding carboxylic acids is 2. The van der Waals surface area contributed by atoms with E-state index in [4.69, 9.17) is 4.74 Å². The number of carbonyl (C=O) groups is 2. The monoisotopic (exact) mass is 279 g/mol. The molecule has 110 valence electrons. The number of nitrogens with zero attached hydrogens (tertiary/aromatic N) is 3. The van der Waals surface area contributed by atoms with Crippen molar-refractivity contribution in [3.63, 3.8) is 0 Å². The molecule has 6 heteroatoms. The van der Waals surface area contributed by atoms with Gasteiger partial charge in [0, 0.05) is 26.2 Å². The molecule has 1 aliphatic carbocycles. The molecule has 0 N–H and O–H groups in total. The van der Waals surface area contributed by atoms with Gasteiger partial charge >= 0.3 is 6.09 Å². The Hall–Kier alpha value is -1.77. The van der Waals surface area contributed by atoms with Gasteiger partial charge in [-0.05, 0) is 25.7 Å². The predicted molar refractivity (Wildman–Crippen MR) is 71.6 cm³/mol. The van der Waals surface area contributed by atoms with Crippen LogP contribution in [0.4, 0.5) is 4.79 Å². The number of hydrogen-bond acceptors (Lipinski definition) is 4. The fourth-order valence-corrected chi connectivity index (χ4v) is 3.05. The molecular formula is C14H21N3O3. The number of piperazine rings is 1. The summed E-state index contributed by atoms with van der Waals surface area (Å²) >= 11 is 0. The summed E-state index contributed by atoms with van der Waals surface area (Å²) < 4.78 is 4.94. The maximum Gasteiger partial charge on any atom is 0.409 e. The molecule has 0 aromatic carbocycles. The second-order valence-corrected chi connectivity index (χ2v) is 5.69. The van der Waals surface area contributed by atoms with Crippen LogP contribution in [0.25, 0.3) is 0 Å². The first-order valence-corrected chi connectivity index (χ1v) is 7.14.